The van der Waals surface area contributed by atoms with Gasteiger partial charge >= 0.3 is 10.4 Å². The maximum Gasteiger partial charge on any atom is 0.397 e. The van der Waals surface area contributed by atoms with E-state index in [9.17, 15) is 38.2 Å². The molecule has 0 aliphatic carbocycles. The Bertz CT molecular complexity index is 1190. The van der Waals surface area contributed by atoms with Crippen LogP contribution in [0.2, 0.25) is 0 Å². The topological polar surface area (TPSA) is 192 Å². The van der Waals surface area contributed by atoms with Gasteiger partial charge in [-0.2, -0.15) is 8.42 Å². The monoisotopic (exact) mass is 890 g/mol. The van der Waals surface area contributed by atoms with Gasteiger partial charge in [-0.1, -0.05) is 192 Å². The first-order valence-corrected chi connectivity index (χ1v) is 26.1. The molecule has 7 atom stereocenters. The zero-order valence-electron chi connectivity index (χ0n) is 38.5. The van der Waals surface area contributed by atoms with Crippen LogP contribution in [0.4, 0.5) is 0 Å². The highest BCUT2D eigenvalue weighted by molar-refractivity contribution is 7.80. The van der Waals surface area contributed by atoms with Crippen LogP contribution in [-0.2, 0) is 28.9 Å². The van der Waals surface area contributed by atoms with E-state index in [4.69, 9.17) is 9.47 Å². The van der Waals surface area contributed by atoms with Crippen LogP contribution < -0.4 is 5.32 Å². The molecular weight excluding hydrogens is 799 g/mol. The number of carbonyl (C=O) groups is 1. The molecular formula is C48H91NO11S. The fourth-order valence-corrected chi connectivity index (χ4v) is 8.37. The van der Waals surface area contributed by atoms with Crippen molar-refractivity contribution in [2.75, 3.05) is 13.2 Å². The van der Waals surface area contributed by atoms with Crippen molar-refractivity contribution >= 4 is 16.3 Å². The molecule has 12 nitrogen and oxygen atoms in total. The molecule has 1 aliphatic rings. The number of ether oxygens (including phenoxy) is 2. The van der Waals surface area contributed by atoms with E-state index in [1.165, 1.54) is 154 Å². The van der Waals surface area contributed by atoms with Crippen LogP contribution in [0.1, 0.15) is 219 Å². The predicted octanol–water partition coefficient (Wildman–Crippen LogP) is 10.1. The van der Waals surface area contributed by atoms with Crippen molar-refractivity contribution in [2.45, 2.75) is 262 Å². The van der Waals surface area contributed by atoms with Crippen molar-refractivity contribution in [3.8, 4) is 0 Å². The number of carbonyl (C=O) groups excluding carboxylic acids is 1. The highest BCUT2D eigenvalue weighted by Crippen LogP contribution is 2.26. The largest absolute Gasteiger partial charge is 0.397 e. The summed E-state index contributed by atoms with van der Waals surface area (Å²) in [7, 11) is -5.08. The molecule has 0 aromatic rings. The second-order valence-corrected chi connectivity index (χ2v) is 18.4. The lowest BCUT2D eigenvalue weighted by molar-refractivity contribution is -0.298. The first kappa shape index (κ1) is 57.6. The van der Waals surface area contributed by atoms with Gasteiger partial charge < -0.3 is 35.2 Å². The van der Waals surface area contributed by atoms with Gasteiger partial charge in [-0.15, -0.1) is 0 Å². The van der Waals surface area contributed by atoms with E-state index in [0.29, 0.717) is 6.42 Å². The van der Waals surface area contributed by atoms with Crippen molar-refractivity contribution in [3.05, 3.63) is 24.3 Å². The summed E-state index contributed by atoms with van der Waals surface area (Å²) in [4.78, 5) is 13.0. The van der Waals surface area contributed by atoms with E-state index >= 15 is 0 Å². The quantitative estimate of drug-likeness (QED) is 0.0194. The first-order valence-electron chi connectivity index (χ1n) is 24.7. The van der Waals surface area contributed by atoms with Gasteiger partial charge in [0.1, 0.15) is 24.4 Å². The smallest absolute Gasteiger partial charge is 0.394 e. The zero-order valence-corrected chi connectivity index (χ0v) is 39.3. The molecule has 0 saturated carbocycles. The highest BCUT2D eigenvalue weighted by atomic mass is 32.3. The molecule has 13 heteroatoms. The number of nitrogens with one attached hydrogen (secondary N) is 1. The summed E-state index contributed by atoms with van der Waals surface area (Å²) < 4.78 is 47.6. The van der Waals surface area contributed by atoms with Crippen LogP contribution in [0, 0.1) is 0 Å². The van der Waals surface area contributed by atoms with Crippen LogP contribution in [-0.4, -0.2) is 95.4 Å². The van der Waals surface area contributed by atoms with E-state index in [1.54, 1.807) is 6.08 Å². The summed E-state index contributed by atoms with van der Waals surface area (Å²) in [5.41, 5.74) is 0. The number of amides is 1. The molecule has 0 aromatic carbocycles. The molecule has 0 spiro atoms. The third-order valence-electron chi connectivity index (χ3n) is 11.7. The summed E-state index contributed by atoms with van der Waals surface area (Å²) >= 11 is 0. The van der Waals surface area contributed by atoms with Gasteiger partial charge in [0.2, 0.25) is 5.91 Å². The van der Waals surface area contributed by atoms with Crippen LogP contribution >= 0.6 is 0 Å². The van der Waals surface area contributed by atoms with Gasteiger partial charge in [0.05, 0.1) is 25.4 Å². The number of hydrogen-bond donors (Lipinski definition) is 6. The normalized spacial score (nSPS) is 20.8. The third kappa shape index (κ3) is 32.0. The fourth-order valence-electron chi connectivity index (χ4n) is 7.86. The van der Waals surface area contributed by atoms with E-state index in [-0.39, 0.29) is 18.9 Å². The fraction of sp³-hybridized carbons (Fsp3) is 0.896. The van der Waals surface area contributed by atoms with Gasteiger partial charge in [-0.25, -0.2) is 4.18 Å². The van der Waals surface area contributed by atoms with E-state index in [1.807, 2.05) is 6.08 Å². The van der Waals surface area contributed by atoms with Crippen LogP contribution in [0.15, 0.2) is 24.3 Å². The predicted molar refractivity (Wildman–Crippen MR) is 245 cm³/mol. The van der Waals surface area contributed by atoms with E-state index < -0.39 is 59.9 Å². The molecule has 1 heterocycles. The van der Waals surface area contributed by atoms with Crippen LogP contribution in [0.5, 0.6) is 0 Å². The molecule has 360 valence electrons. The molecule has 2 unspecified atom stereocenters. The number of unbranched alkanes of at least 4 members (excludes halogenated alkanes) is 28. The molecule has 0 bridgehead atoms. The molecule has 0 radical (unpaired) electrons. The lowest BCUT2D eigenvalue weighted by atomic mass is 9.99. The average Bonchev–Trinajstić information content (AvgIpc) is 3.23. The minimum Gasteiger partial charge on any atom is -0.394 e. The van der Waals surface area contributed by atoms with Gasteiger partial charge in [-0.05, 0) is 44.9 Å². The Morgan fingerprint density at radius 1 is 0.639 bits per heavy atom. The first-order chi connectivity index (χ1) is 29.5. The molecule has 61 heavy (non-hydrogen) atoms. The summed E-state index contributed by atoms with van der Waals surface area (Å²) in [5.74, 6) is -0.263. The van der Waals surface area contributed by atoms with Crippen LogP contribution in [0.3, 0.4) is 0 Å². The van der Waals surface area contributed by atoms with Gasteiger partial charge in [0.15, 0.2) is 6.29 Å². The van der Waals surface area contributed by atoms with Gasteiger partial charge in [0.25, 0.3) is 0 Å². The maximum absolute atomic E-state index is 13.0. The standard InChI is InChI=1S/C48H91NO11S/c1-3-5-7-9-11-13-15-17-18-19-20-21-22-23-24-26-28-30-32-34-36-38-44(52)49-41(42(51)37-35-33-31-29-27-25-16-14-12-10-8-6-4-2)40-58-48-46(54)47(60-61(55,56)57)45(53)43(39-50)59-48/h17-18,35,37,41-43,45-48,50-51,53-54H,3-16,19-34,36,38-40H2,1-2H3,(H,49,52)(H,55,56,57)/b18-17-,37-35-/t41?,42?,43-,45+,46-,47+,48-/m1/s1. The lowest BCUT2D eigenvalue weighted by Gasteiger charge is -2.41. The summed E-state index contributed by atoms with van der Waals surface area (Å²) in [6, 6.07) is -0.941. The Kier molecular flexibility index (Phi) is 36.8. The lowest BCUT2D eigenvalue weighted by Crippen LogP contribution is -2.61. The molecule has 6 N–H and O–H groups in total. The number of aliphatic hydroxyl groups is 4. The Morgan fingerprint density at radius 3 is 1.48 bits per heavy atom. The Hall–Kier alpha value is -1.42. The molecule has 1 saturated heterocycles. The maximum atomic E-state index is 13.0. The molecule has 0 aromatic heterocycles. The van der Waals surface area contributed by atoms with Crippen molar-refractivity contribution in [1.82, 2.24) is 5.32 Å². The van der Waals surface area contributed by atoms with Crippen molar-refractivity contribution in [3.63, 3.8) is 0 Å². The minimum absolute atomic E-state index is 0.263. The van der Waals surface area contributed by atoms with Crippen molar-refractivity contribution in [2.24, 2.45) is 0 Å². The summed E-state index contributed by atoms with van der Waals surface area (Å²) in [6.07, 6.45) is 36.4. The zero-order chi connectivity index (χ0) is 44.8. The minimum atomic E-state index is -5.08. The number of aliphatic hydroxyl groups excluding tert-OH is 4. The second kappa shape index (κ2) is 39.0. The second-order valence-electron chi connectivity index (χ2n) is 17.4. The molecule has 1 fully saturated rings. The number of hydrogen-bond acceptors (Lipinski definition) is 10. The molecule has 1 rings (SSSR count). The van der Waals surface area contributed by atoms with Gasteiger partial charge in [-0.3, -0.25) is 9.35 Å². The molecule has 1 amide bonds. The Balaban J connectivity index is 2.44. The van der Waals surface area contributed by atoms with Crippen molar-refractivity contribution < 1.29 is 51.8 Å². The van der Waals surface area contributed by atoms with Crippen LogP contribution in [0.25, 0.3) is 0 Å². The summed E-state index contributed by atoms with van der Waals surface area (Å²) in [6.45, 7) is 3.38. The number of allylic oxidation sites excluding steroid dienone is 3. The third-order valence-corrected chi connectivity index (χ3v) is 12.2. The highest BCUT2D eigenvalue weighted by Gasteiger charge is 2.48. The average molecular weight is 890 g/mol. The van der Waals surface area contributed by atoms with E-state index in [2.05, 4.69) is 35.5 Å². The Morgan fingerprint density at radius 2 is 1.05 bits per heavy atom. The number of rotatable bonds is 42. The SMILES string of the molecule is CCCCCCCC/C=C\CCCCCCCCCCCCCC(=O)NC(CO[C@@H]1O[C@H](CO)[C@H](O)[C@H](OS(=O)(=O)O)[C@H]1O)C(O)/C=C\CCCCCCCCCCCCC. The Labute approximate surface area is 372 Å². The van der Waals surface area contributed by atoms with Gasteiger partial charge in [0, 0.05) is 6.42 Å². The summed E-state index contributed by atoms with van der Waals surface area (Å²) in [5, 5.41) is 44.7. The van der Waals surface area contributed by atoms with Crippen molar-refractivity contribution in [1.29, 1.82) is 0 Å². The van der Waals surface area contributed by atoms with E-state index in [0.717, 1.165) is 38.5 Å². The molecule has 1 aliphatic heterocycles.